The van der Waals surface area contributed by atoms with Gasteiger partial charge in [-0.15, -0.1) is 0 Å². The fraction of sp³-hybridized carbons (Fsp3) is 0. The number of nitriles is 1. The van der Waals surface area contributed by atoms with Crippen LogP contribution in [-0.2, 0) is 0 Å². The van der Waals surface area contributed by atoms with Crippen molar-refractivity contribution in [2.75, 3.05) is 5.32 Å². The van der Waals surface area contributed by atoms with Gasteiger partial charge in [0.2, 0.25) is 0 Å². The normalized spacial score (nSPS) is 10.2. The second-order valence-corrected chi connectivity index (χ2v) is 7.34. The predicted molar refractivity (Wildman–Crippen MR) is 106 cm³/mol. The molecule has 3 aromatic rings. The van der Waals surface area contributed by atoms with Crippen LogP contribution in [0.25, 0.3) is 0 Å². The van der Waals surface area contributed by atoms with Gasteiger partial charge in [-0.1, -0.05) is 53.2 Å². The van der Waals surface area contributed by atoms with Gasteiger partial charge in [-0.25, -0.2) is 0 Å². The molecule has 6 heteroatoms. The van der Waals surface area contributed by atoms with Crippen LogP contribution in [0.5, 0.6) is 0 Å². The first-order valence-corrected chi connectivity index (χ1v) is 9.17. The molecule has 0 heterocycles. The minimum Gasteiger partial charge on any atom is -0.322 e. The number of benzene rings is 3. The van der Waals surface area contributed by atoms with Gasteiger partial charge in [0, 0.05) is 31.1 Å². The van der Waals surface area contributed by atoms with Crippen molar-refractivity contribution in [3.05, 3.63) is 87.9 Å². The molecule has 0 bridgehead atoms. The first kappa shape index (κ1) is 18.3. The Kier molecular flexibility index (Phi) is 5.85. The van der Waals surface area contributed by atoms with Crippen molar-refractivity contribution in [3.63, 3.8) is 0 Å². The molecule has 0 aromatic heterocycles. The smallest absolute Gasteiger partial charge is 0.255 e. The third-order valence-corrected chi connectivity index (χ3v) is 4.97. The van der Waals surface area contributed by atoms with Crippen LogP contribution in [0, 0.1) is 11.3 Å². The highest BCUT2D eigenvalue weighted by molar-refractivity contribution is 7.99. The molecule has 0 fully saturated rings. The second-order valence-electron chi connectivity index (χ2n) is 5.35. The summed E-state index contributed by atoms with van der Waals surface area (Å²) in [7, 11) is 0. The molecule has 0 spiro atoms. The number of halogens is 2. The molecule has 0 saturated heterocycles. The topological polar surface area (TPSA) is 52.9 Å². The van der Waals surface area contributed by atoms with Crippen molar-refractivity contribution < 1.29 is 4.79 Å². The number of hydrogen-bond donors (Lipinski definition) is 1. The number of hydrogen-bond acceptors (Lipinski definition) is 3. The average Bonchev–Trinajstić information content (AvgIpc) is 2.63. The number of nitrogens with one attached hydrogen (secondary N) is 1. The summed E-state index contributed by atoms with van der Waals surface area (Å²) >= 11 is 13.4. The van der Waals surface area contributed by atoms with Gasteiger partial charge in [0.25, 0.3) is 5.91 Å². The van der Waals surface area contributed by atoms with E-state index in [9.17, 15) is 10.1 Å². The van der Waals surface area contributed by atoms with Crippen LogP contribution < -0.4 is 5.32 Å². The van der Waals surface area contributed by atoms with Crippen LogP contribution >= 0.6 is 35.0 Å². The zero-order valence-corrected chi connectivity index (χ0v) is 15.7. The van der Waals surface area contributed by atoms with E-state index in [1.807, 2.05) is 36.4 Å². The highest BCUT2D eigenvalue weighted by atomic mass is 35.5. The SMILES string of the molecule is N#Cc1cc(NC(=O)c2cc(Cl)cc(Cl)c2)ccc1Sc1ccccc1. The van der Waals surface area contributed by atoms with Crippen molar-refractivity contribution in [1.82, 2.24) is 0 Å². The lowest BCUT2D eigenvalue weighted by Crippen LogP contribution is -2.12. The molecule has 3 nitrogen and oxygen atoms in total. The predicted octanol–water partition coefficient (Wildman–Crippen LogP) is 6.27. The minimum absolute atomic E-state index is 0.346. The van der Waals surface area contributed by atoms with Crippen molar-refractivity contribution in [1.29, 1.82) is 5.26 Å². The highest BCUT2D eigenvalue weighted by Gasteiger charge is 2.11. The quantitative estimate of drug-likeness (QED) is 0.563. The largest absolute Gasteiger partial charge is 0.322 e. The Labute approximate surface area is 165 Å². The molecule has 0 aliphatic carbocycles. The third kappa shape index (κ3) is 4.59. The van der Waals surface area contributed by atoms with Gasteiger partial charge in [-0.3, -0.25) is 4.79 Å². The number of anilines is 1. The summed E-state index contributed by atoms with van der Waals surface area (Å²) in [4.78, 5) is 14.2. The Balaban J connectivity index is 1.81. The van der Waals surface area contributed by atoms with Crippen LogP contribution in [0.3, 0.4) is 0 Å². The summed E-state index contributed by atoms with van der Waals surface area (Å²) in [6.07, 6.45) is 0. The molecular formula is C20H12Cl2N2OS. The summed E-state index contributed by atoms with van der Waals surface area (Å²) in [5.74, 6) is -0.346. The van der Waals surface area contributed by atoms with E-state index in [1.54, 1.807) is 18.2 Å². The van der Waals surface area contributed by atoms with Crippen molar-refractivity contribution in [2.24, 2.45) is 0 Å². The van der Waals surface area contributed by atoms with Gasteiger partial charge in [0.15, 0.2) is 0 Å². The van der Waals surface area contributed by atoms with Crippen LogP contribution in [0.1, 0.15) is 15.9 Å². The van der Waals surface area contributed by atoms with Gasteiger partial charge < -0.3 is 5.32 Å². The first-order chi connectivity index (χ1) is 12.5. The Morgan fingerprint density at radius 1 is 0.962 bits per heavy atom. The molecular weight excluding hydrogens is 387 g/mol. The van der Waals surface area contributed by atoms with Gasteiger partial charge in [-0.05, 0) is 48.5 Å². The minimum atomic E-state index is -0.346. The maximum atomic E-state index is 12.4. The standard InChI is InChI=1S/C20H12Cl2N2OS/c21-15-8-13(9-16(22)11-15)20(25)24-17-6-7-19(14(10-17)12-23)26-18-4-2-1-3-5-18/h1-11H,(H,24,25). The monoisotopic (exact) mass is 398 g/mol. The summed E-state index contributed by atoms with van der Waals surface area (Å²) < 4.78 is 0. The highest BCUT2D eigenvalue weighted by Crippen LogP contribution is 2.31. The van der Waals surface area contributed by atoms with Crippen LogP contribution in [0.4, 0.5) is 5.69 Å². The second kappa shape index (κ2) is 8.29. The molecule has 128 valence electrons. The van der Waals surface area contributed by atoms with E-state index in [0.717, 1.165) is 9.79 Å². The number of rotatable bonds is 4. The maximum absolute atomic E-state index is 12.4. The van der Waals surface area contributed by atoms with E-state index in [-0.39, 0.29) is 5.91 Å². The fourth-order valence-electron chi connectivity index (χ4n) is 2.29. The van der Waals surface area contributed by atoms with Crippen molar-refractivity contribution in [3.8, 4) is 6.07 Å². The molecule has 3 rings (SSSR count). The maximum Gasteiger partial charge on any atom is 0.255 e. The number of carbonyl (C=O) groups is 1. The van der Waals surface area contributed by atoms with E-state index in [2.05, 4.69) is 11.4 Å². The third-order valence-electron chi connectivity index (χ3n) is 3.45. The zero-order chi connectivity index (χ0) is 18.5. The summed E-state index contributed by atoms with van der Waals surface area (Å²) in [5, 5.41) is 13.0. The van der Waals surface area contributed by atoms with E-state index >= 15 is 0 Å². The van der Waals surface area contributed by atoms with E-state index in [4.69, 9.17) is 23.2 Å². The van der Waals surface area contributed by atoms with E-state index < -0.39 is 0 Å². The molecule has 0 saturated carbocycles. The van der Waals surface area contributed by atoms with Gasteiger partial charge in [-0.2, -0.15) is 5.26 Å². The van der Waals surface area contributed by atoms with Crippen molar-refractivity contribution >= 4 is 46.6 Å². The molecule has 0 radical (unpaired) electrons. The number of nitrogens with zero attached hydrogens (tertiary/aromatic N) is 1. The van der Waals surface area contributed by atoms with Crippen molar-refractivity contribution in [2.45, 2.75) is 9.79 Å². The molecule has 26 heavy (non-hydrogen) atoms. The van der Waals surface area contributed by atoms with Crippen LogP contribution in [-0.4, -0.2) is 5.91 Å². The van der Waals surface area contributed by atoms with Gasteiger partial charge in [0.1, 0.15) is 6.07 Å². The summed E-state index contributed by atoms with van der Waals surface area (Å²) in [6, 6.07) is 21.8. The summed E-state index contributed by atoms with van der Waals surface area (Å²) in [6.45, 7) is 0. The van der Waals surface area contributed by atoms with Gasteiger partial charge in [0.05, 0.1) is 5.56 Å². The molecule has 3 aromatic carbocycles. The Hall–Kier alpha value is -2.45. The van der Waals surface area contributed by atoms with Crippen LogP contribution in [0.15, 0.2) is 76.5 Å². The molecule has 0 unspecified atom stereocenters. The molecule has 0 aliphatic rings. The fourth-order valence-corrected chi connectivity index (χ4v) is 3.71. The lowest BCUT2D eigenvalue weighted by molar-refractivity contribution is 0.102. The number of carbonyl (C=O) groups excluding carboxylic acids is 1. The zero-order valence-electron chi connectivity index (χ0n) is 13.4. The Morgan fingerprint density at radius 2 is 1.65 bits per heavy atom. The molecule has 1 N–H and O–H groups in total. The Morgan fingerprint density at radius 3 is 2.31 bits per heavy atom. The molecule has 0 atom stereocenters. The lowest BCUT2D eigenvalue weighted by Gasteiger charge is -2.09. The van der Waals surface area contributed by atoms with Gasteiger partial charge >= 0.3 is 0 Å². The number of amides is 1. The molecule has 0 aliphatic heterocycles. The van der Waals surface area contributed by atoms with E-state index in [1.165, 1.54) is 23.9 Å². The Bertz CT molecular complexity index is 980. The summed E-state index contributed by atoms with van der Waals surface area (Å²) in [5.41, 5.74) is 1.37. The van der Waals surface area contributed by atoms with Crippen LogP contribution in [0.2, 0.25) is 10.0 Å². The lowest BCUT2D eigenvalue weighted by atomic mass is 10.2. The molecule has 1 amide bonds. The first-order valence-electron chi connectivity index (χ1n) is 7.59. The van der Waals surface area contributed by atoms with E-state index in [0.29, 0.717) is 26.9 Å². The average molecular weight is 399 g/mol.